The minimum Gasteiger partial charge on any atom is -0.333 e. The normalized spacial score (nSPS) is 17.0. The lowest BCUT2D eigenvalue weighted by atomic mass is 10.0. The summed E-state index contributed by atoms with van der Waals surface area (Å²) in [5, 5.41) is 11.5. The molecule has 1 heterocycles. The Labute approximate surface area is 198 Å². The van der Waals surface area contributed by atoms with Crippen LogP contribution in [0.3, 0.4) is 0 Å². The second-order valence-corrected chi connectivity index (χ2v) is 10.3. The van der Waals surface area contributed by atoms with Gasteiger partial charge in [-0.05, 0) is 30.5 Å². The number of rotatable bonds is 7. The molecule has 0 aliphatic carbocycles. The Morgan fingerprint density at radius 1 is 0.971 bits per heavy atom. The number of carbonyl (C=O) groups is 1. The molecule has 3 aromatic rings. The minimum absolute atomic E-state index is 0.0425. The number of nitrogens with zero attached hydrogens (tertiary/aromatic N) is 3. The summed E-state index contributed by atoms with van der Waals surface area (Å²) in [6.45, 7) is 2.01. The number of carbonyl (C=O) groups excluding carboxylic acids is 1. The molecule has 0 N–H and O–H groups in total. The zero-order valence-electron chi connectivity index (χ0n) is 18.7. The molecule has 3 aromatic carbocycles. The Morgan fingerprint density at radius 3 is 2.35 bits per heavy atom. The molecule has 8 nitrogen and oxygen atoms in total. The maximum Gasteiger partial charge on any atom is 0.289 e. The Kier molecular flexibility index (Phi) is 6.76. The van der Waals surface area contributed by atoms with Gasteiger partial charge in [0.2, 0.25) is 15.9 Å². The molecule has 1 amide bonds. The fraction of sp³-hybridized carbons (Fsp3) is 0.240. The summed E-state index contributed by atoms with van der Waals surface area (Å²) < 4.78 is 27.9. The van der Waals surface area contributed by atoms with Gasteiger partial charge in [0.25, 0.3) is 5.69 Å². The average molecular weight is 480 g/mol. The van der Waals surface area contributed by atoms with Gasteiger partial charge in [-0.2, -0.15) is 4.31 Å². The van der Waals surface area contributed by atoms with E-state index in [1.807, 2.05) is 61.5 Å². The molecule has 1 atom stereocenters. The van der Waals surface area contributed by atoms with E-state index >= 15 is 0 Å². The summed E-state index contributed by atoms with van der Waals surface area (Å²) >= 11 is 0. The second-order valence-electron chi connectivity index (χ2n) is 8.38. The lowest BCUT2D eigenvalue weighted by molar-refractivity contribution is -0.387. The van der Waals surface area contributed by atoms with Crippen LogP contribution in [0.25, 0.3) is 0 Å². The lowest BCUT2D eigenvalue weighted by Crippen LogP contribution is -2.58. The Hall–Kier alpha value is -3.56. The highest BCUT2D eigenvalue weighted by atomic mass is 32.2. The van der Waals surface area contributed by atoms with Crippen molar-refractivity contribution >= 4 is 21.6 Å². The maximum absolute atomic E-state index is 13.4. The number of benzene rings is 3. The Morgan fingerprint density at radius 2 is 1.65 bits per heavy atom. The number of hydrogen-bond donors (Lipinski definition) is 0. The minimum atomic E-state index is -4.25. The fourth-order valence-electron chi connectivity index (χ4n) is 4.28. The summed E-state index contributed by atoms with van der Waals surface area (Å²) in [6.07, 6.45) is 0.460. The van der Waals surface area contributed by atoms with Crippen LogP contribution in [0.2, 0.25) is 0 Å². The third-order valence-electron chi connectivity index (χ3n) is 5.92. The summed E-state index contributed by atoms with van der Waals surface area (Å²) in [5.41, 5.74) is 2.50. The van der Waals surface area contributed by atoms with E-state index in [0.717, 1.165) is 27.1 Å². The first kappa shape index (κ1) is 23.6. The van der Waals surface area contributed by atoms with Gasteiger partial charge < -0.3 is 4.90 Å². The van der Waals surface area contributed by atoms with E-state index in [4.69, 9.17) is 0 Å². The highest BCUT2D eigenvalue weighted by molar-refractivity contribution is 7.89. The molecule has 1 unspecified atom stereocenters. The van der Waals surface area contributed by atoms with Crippen LogP contribution in [0.4, 0.5) is 5.69 Å². The van der Waals surface area contributed by atoms with E-state index in [1.165, 1.54) is 18.2 Å². The van der Waals surface area contributed by atoms with Crippen LogP contribution in [-0.4, -0.2) is 47.6 Å². The molecule has 1 aliphatic rings. The number of nitro benzene ring substituents is 1. The van der Waals surface area contributed by atoms with E-state index in [0.29, 0.717) is 13.0 Å². The van der Waals surface area contributed by atoms with Crippen molar-refractivity contribution in [2.45, 2.75) is 30.8 Å². The van der Waals surface area contributed by atoms with Gasteiger partial charge in [0.05, 0.1) is 11.5 Å². The van der Waals surface area contributed by atoms with Crippen LogP contribution in [-0.2, 0) is 27.8 Å². The van der Waals surface area contributed by atoms with Gasteiger partial charge in [-0.3, -0.25) is 14.9 Å². The van der Waals surface area contributed by atoms with Gasteiger partial charge in [-0.15, -0.1) is 0 Å². The number of hydrogen-bond acceptors (Lipinski definition) is 5. The van der Waals surface area contributed by atoms with Crippen molar-refractivity contribution in [1.29, 1.82) is 0 Å². The van der Waals surface area contributed by atoms with Crippen molar-refractivity contribution in [3.8, 4) is 0 Å². The van der Waals surface area contributed by atoms with Crippen LogP contribution in [0.1, 0.15) is 16.7 Å². The molecule has 0 bridgehead atoms. The maximum atomic E-state index is 13.4. The molecule has 1 fully saturated rings. The molecule has 0 spiro atoms. The second kappa shape index (κ2) is 9.74. The zero-order valence-corrected chi connectivity index (χ0v) is 19.5. The summed E-state index contributed by atoms with van der Waals surface area (Å²) in [4.78, 5) is 25.3. The smallest absolute Gasteiger partial charge is 0.289 e. The predicted octanol–water partition coefficient (Wildman–Crippen LogP) is 3.55. The van der Waals surface area contributed by atoms with E-state index in [1.54, 1.807) is 4.90 Å². The SMILES string of the molecule is Cc1cccc(CN2C(=O)CN(S(=O)(=O)c3ccccc3[N+](=O)[O-])CC2Cc2ccccc2)c1. The van der Waals surface area contributed by atoms with Crippen molar-refractivity contribution in [2.75, 3.05) is 13.1 Å². The molecule has 1 saturated heterocycles. The molecule has 4 rings (SSSR count). The fourth-order valence-corrected chi connectivity index (χ4v) is 5.86. The molecule has 176 valence electrons. The number of piperazine rings is 1. The zero-order chi connectivity index (χ0) is 24.3. The van der Waals surface area contributed by atoms with Crippen molar-refractivity contribution < 1.29 is 18.1 Å². The molecule has 0 radical (unpaired) electrons. The first-order chi connectivity index (χ1) is 16.3. The van der Waals surface area contributed by atoms with Gasteiger partial charge in [0.15, 0.2) is 4.90 Å². The summed E-state index contributed by atoms with van der Waals surface area (Å²) in [6, 6.07) is 22.2. The van der Waals surface area contributed by atoms with Gasteiger partial charge in [0, 0.05) is 25.2 Å². The first-order valence-electron chi connectivity index (χ1n) is 10.9. The van der Waals surface area contributed by atoms with E-state index in [2.05, 4.69) is 0 Å². The largest absolute Gasteiger partial charge is 0.333 e. The van der Waals surface area contributed by atoms with Gasteiger partial charge in [-0.1, -0.05) is 72.3 Å². The van der Waals surface area contributed by atoms with Crippen LogP contribution >= 0.6 is 0 Å². The third kappa shape index (κ3) is 5.00. The Bertz CT molecular complexity index is 1310. The number of sulfonamides is 1. The lowest BCUT2D eigenvalue weighted by Gasteiger charge is -2.40. The molecule has 9 heteroatoms. The molecule has 1 aliphatic heterocycles. The quantitative estimate of drug-likeness (QED) is 0.381. The van der Waals surface area contributed by atoms with Crippen LogP contribution < -0.4 is 0 Å². The average Bonchev–Trinajstić information content (AvgIpc) is 2.81. The highest BCUT2D eigenvalue weighted by Gasteiger charge is 2.40. The monoisotopic (exact) mass is 479 g/mol. The van der Waals surface area contributed by atoms with Gasteiger partial charge in [-0.25, -0.2) is 8.42 Å². The predicted molar refractivity (Wildman–Crippen MR) is 128 cm³/mol. The number of para-hydroxylation sites is 1. The number of amides is 1. The summed E-state index contributed by atoms with van der Waals surface area (Å²) in [7, 11) is -4.25. The van der Waals surface area contributed by atoms with E-state index in [-0.39, 0.29) is 19.0 Å². The van der Waals surface area contributed by atoms with E-state index < -0.39 is 31.6 Å². The number of nitro groups is 1. The molecule has 0 aromatic heterocycles. The molecule has 34 heavy (non-hydrogen) atoms. The standard InChI is InChI=1S/C25H25N3O5S/c1-19-8-7-11-21(14-19)16-27-22(15-20-9-3-2-4-10-20)17-26(18-25(27)29)34(32,33)24-13-6-5-12-23(24)28(30)31/h2-14,22H,15-18H2,1H3. The van der Waals surface area contributed by atoms with Gasteiger partial charge >= 0.3 is 0 Å². The van der Waals surface area contributed by atoms with E-state index in [9.17, 15) is 23.3 Å². The van der Waals surface area contributed by atoms with Gasteiger partial charge in [0.1, 0.15) is 0 Å². The highest BCUT2D eigenvalue weighted by Crippen LogP contribution is 2.29. The topological polar surface area (TPSA) is 101 Å². The van der Waals surface area contributed by atoms with Crippen molar-refractivity contribution in [1.82, 2.24) is 9.21 Å². The molecular weight excluding hydrogens is 454 g/mol. The van der Waals surface area contributed by atoms with Crippen molar-refractivity contribution in [2.24, 2.45) is 0 Å². The molecular formula is C25H25N3O5S. The van der Waals surface area contributed by atoms with Crippen LogP contribution in [0.5, 0.6) is 0 Å². The summed E-state index contributed by atoms with van der Waals surface area (Å²) in [5.74, 6) is -0.337. The van der Waals surface area contributed by atoms with Crippen LogP contribution in [0, 0.1) is 17.0 Å². The van der Waals surface area contributed by atoms with Crippen molar-refractivity contribution in [3.05, 3.63) is 106 Å². The Balaban J connectivity index is 1.68. The van der Waals surface area contributed by atoms with Crippen LogP contribution in [0.15, 0.2) is 83.8 Å². The number of aryl methyl sites for hydroxylation is 1. The third-order valence-corrected chi connectivity index (χ3v) is 7.78. The molecule has 0 saturated carbocycles. The van der Waals surface area contributed by atoms with Crippen molar-refractivity contribution in [3.63, 3.8) is 0 Å². The first-order valence-corrected chi connectivity index (χ1v) is 12.3.